The van der Waals surface area contributed by atoms with Crippen LogP contribution in [0, 0.1) is 20.8 Å². The van der Waals surface area contributed by atoms with Crippen molar-refractivity contribution in [3.8, 4) is 11.3 Å². The van der Waals surface area contributed by atoms with Gasteiger partial charge in [0.05, 0.1) is 5.69 Å². The van der Waals surface area contributed by atoms with E-state index in [1.165, 1.54) is 11.1 Å². The zero-order chi connectivity index (χ0) is 12.4. The molecule has 86 valence electrons. The Morgan fingerprint density at radius 3 is 2.47 bits per heavy atom. The van der Waals surface area contributed by atoms with E-state index in [-0.39, 0.29) is 0 Å². The summed E-state index contributed by atoms with van der Waals surface area (Å²) in [6.45, 7) is 5.99. The van der Waals surface area contributed by atoms with Crippen LogP contribution in [-0.2, 0) is 0 Å². The Bertz CT molecular complexity index is 573. The summed E-state index contributed by atoms with van der Waals surface area (Å²) in [7, 11) is 0. The molecule has 0 radical (unpaired) electrons. The van der Waals surface area contributed by atoms with Crippen LogP contribution in [0.25, 0.3) is 11.3 Å². The number of nitrogens with zero attached hydrogens (tertiary/aromatic N) is 1. The highest BCUT2D eigenvalue weighted by Gasteiger charge is 2.06. The van der Waals surface area contributed by atoms with E-state index in [2.05, 4.69) is 37.0 Å². The summed E-state index contributed by atoms with van der Waals surface area (Å²) in [6.07, 6.45) is 0.842. The quantitative estimate of drug-likeness (QED) is 0.732. The minimum Gasteiger partial charge on any atom is -0.298 e. The molecule has 0 aliphatic rings. The van der Waals surface area contributed by atoms with E-state index in [1.807, 2.05) is 19.1 Å². The summed E-state index contributed by atoms with van der Waals surface area (Å²) < 4.78 is 0. The van der Waals surface area contributed by atoms with Crippen LogP contribution >= 0.6 is 0 Å². The molecule has 0 atom stereocenters. The normalized spacial score (nSPS) is 10.3. The Balaban J connectivity index is 2.57. The molecule has 2 rings (SSSR count). The smallest absolute Gasteiger partial charge is 0.151 e. The molecule has 2 heteroatoms. The van der Waals surface area contributed by atoms with E-state index < -0.39 is 0 Å². The van der Waals surface area contributed by atoms with E-state index >= 15 is 0 Å². The summed E-state index contributed by atoms with van der Waals surface area (Å²) in [5.74, 6) is 0. The molecule has 0 spiro atoms. The van der Waals surface area contributed by atoms with Crippen LogP contribution in [0.15, 0.2) is 30.3 Å². The van der Waals surface area contributed by atoms with Gasteiger partial charge in [0.25, 0.3) is 0 Å². The molecule has 0 aliphatic carbocycles. The summed E-state index contributed by atoms with van der Waals surface area (Å²) in [5, 5.41) is 0. The monoisotopic (exact) mass is 225 g/mol. The molecule has 0 N–H and O–H groups in total. The first-order chi connectivity index (χ1) is 8.11. The lowest BCUT2D eigenvalue weighted by Gasteiger charge is -2.08. The van der Waals surface area contributed by atoms with Crippen LogP contribution < -0.4 is 0 Å². The molecule has 0 aliphatic heterocycles. The second kappa shape index (κ2) is 4.50. The molecule has 1 heterocycles. The van der Waals surface area contributed by atoms with Gasteiger partial charge in [-0.15, -0.1) is 0 Å². The summed E-state index contributed by atoms with van der Waals surface area (Å²) in [4.78, 5) is 15.2. The predicted molar refractivity (Wildman–Crippen MR) is 69.3 cm³/mol. The highest BCUT2D eigenvalue weighted by atomic mass is 16.1. The van der Waals surface area contributed by atoms with E-state index in [9.17, 15) is 4.79 Å². The molecule has 0 saturated heterocycles. The Morgan fingerprint density at radius 1 is 1.06 bits per heavy atom. The number of rotatable bonds is 2. The molecule has 0 amide bonds. The van der Waals surface area contributed by atoms with E-state index in [0.29, 0.717) is 5.56 Å². The van der Waals surface area contributed by atoms with Gasteiger partial charge in [0.2, 0.25) is 0 Å². The molecule has 1 aromatic heterocycles. The van der Waals surface area contributed by atoms with Gasteiger partial charge in [0, 0.05) is 16.8 Å². The van der Waals surface area contributed by atoms with E-state index in [4.69, 9.17) is 0 Å². The molecular weight excluding hydrogens is 210 g/mol. The van der Waals surface area contributed by atoms with Crippen LogP contribution in [0.5, 0.6) is 0 Å². The van der Waals surface area contributed by atoms with Crippen molar-refractivity contribution in [2.24, 2.45) is 0 Å². The minimum atomic E-state index is 0.652. The molecule has 2 aromatic rings. The number of carbonyl (C=O) groups is 1. The molecular formula is C15H15NO. The Morgan fingerprint density at radius 2 is 1.82 bits per heavy atom. The van der Waals surface area contributed by atoms with Crippen molar-refractivity contribution in [2.75, 3.05) is 0 Å². The maximum absolute atomic E-state index is 10.8. The fourth-order valence-electron chi connectivity index (χ4n) is 1.86. The third kappa shape index (κ3) is 2.26. The first-order valence-corrected chi connectivity index (χ1v) is 5.62. The van der Waals surface area contributed by atoms with Crippen LogP contribution in [-0.4, -0.2) is 11.3 Å². The molecule has 0 bridgehead atoms. The largest absolute Gasteiger partial charge is 0.298 e. The van der Waals surface area contributed by atoms with Gasteiger partial charge in [0.1, 0.15) is 0 Å². The summed E-state index contributed by atoms with van der Waals surface area (Å²) in [6, 6.07) is 10.0. The van der Waals surface area contributed by atoms with E-state index in [0.717, 1.165) is 23.2 Å². The number of carbonyl (C=O) groups excluding carboxylic acids is 1. The summed E-state index contributed by atoms with van der Waals surface area (Å²) in [5.41, 5.74) is 5.89. The molecule has 1 aromatic carbocycles. The van der Waals surface area contributed by atoms with Gasteiger partial charge in [-0.3, -0.25) is 9.78 Å². The lowest BCUT2D eigenvalue weighted by Crippen LogP contribution is -1.94. The SMILES string of the molecule is Cc1ccc(C)c(-c2ccc(C=O)c(C)n2)c1. The maximum atomic E-state index is 10.8. The van der Waals surface area contributed by atoms with Crippen molar-refractivity contribution < 1.29 is 4.79 Å². The molecule has 0 saturated carbocycles. The number of hydrogen-bond donors (Lipinski definition) is 0. The Kier molecular flexibility index (Phi) is 3.05. The molecule has 2 nitrogen and oxygen atoms in total. The fourth-order valence-corrected chi connectivity index (χ4v) is 1.86. The lowest BCUT2D eigenvalue weighted by molar-refractivity contribution is 0.112. The third-order valence-corrected chi connectivity index (χ3v) is 2.92. The topological polar surface area (TPSA) is 30.0 Å². The molecule has 17 heavy (non-hydrogen) atoms. The first-order valence-electron chi connectivity index (χ1n) is 5.62. The third-order valence-electron chi connectivity index (χ3n) is 2.92. The van der Waals surface area contributed by atoms with Crippen molar-refractivity contribution in [3.63, 3.8) is 0 Å². The van der Waals surface area contributed by atoms with E-state index in [1.54, 1.807) is 0 Å². The van der Waals surface area contributed by atoms with Crippen molar-refractivity contribution in [1.29, 1.82) is 0 Å². The number of aromatic nitrogens is 1. The molecule has 0 unspecified atom stereocenters. The standard InChI is InChI=1S/C15H15NO/c1-10-4-5-11(2)14(8-10)15-7-6-13(9-17)12(3)16-15/h4-9H,1-3H3. The first kappa shape index (κ1) is 11.5. The van der Waals surface area contributed by atoms with Crippen molar-refractivity contribution in [1.82, 2.24) is 4.98 Å². The fraction of sp³-hybridized carbons (Fsp3) is 0.200. The van der Waals surface area contributed by atoms with Crippen LogP contribution in [0.1, 0.15) is 27.2 Å². The van der Waals surface area contributed by atoms with Crippen LogP contribution in [0.3, 0.4) is 0 Å². The van der Waals surface area contributed by atoms with Gasteiger partial charge in [-0.1, -0.05) is 17.7 Å². The van der Waals surface area contributed by atoms with Crippen LogP contribution in [0.2, 0.25) is 0 Å². The number of aryl methyl sites for hydroxylation is 3. The average Bonchev–Trinajstić information content (AvgIpc) is 2.32. The zero-order valence-corrected chi connectivity index (χ0v) is 10.3. The predicted octanol–water partition coefficient (Wildman–Crippen LogP) is 3.49. The lowest BCUT2D eigenvalue weighted by atomic mass is 10.0. The van der Waals surface area contributed by atoms with Crippen molar-refractivity contribution in [2.45, 2.75) is 20.8 Å². The second-order valence-electron chi connectivity index (χ2n) is 4.31. The Labute approximate surface area is 101 Å². The van der Waals surface area contributed by atoms with Crippen LogP contribution in [0.4, 0.5) is 0 Å². The Hall–Kier alpha value is -1.96. The number of pyridine rings is 1. The van der Waals surface area contributed by atoms with Gasteiger partial charge >= 0.3 is 0 Å². The number of benzene rings is 1. The second-order valence-corrected chi connectivity index (χ2v) is 4.31. The van der Waals surface area contributed by atoms with Gasteiger partial charge in [-0.2, -0.15) is 0 Å². The van der Waals surface area contributed by atoms with Crippen molar-refractivity contribution in [3.05, 3.63) is 52.7 Å². The van der Waals surface area contributed by atoms with Gasteiger partial charge in [-0.25, -0.2) is 0 Å². The number of hydrogen-bond acceptors (Lipinski definition) is 2. The van der Waals surface area contributed by atoms with Crippen molar-refractivity contribution >= 4 is 6.29 Å². The molecule has 0 fully saturated rings. The maximum Gasteiger partial charge on any atom is 0.151 e. The zero-order valence-electron chi connectivity index (χ0n) is 10.3. The van der Waals surface area contributed by atoms with Gasteiger partial charge < -0.3 is 0 Å². The highest BCUT2D eigenvalue weighted by molar-refractivity contribution is 5.77. The number of aldehydes is 1. The average molecular weight is 225 g/mol. The summed E-state index contributed by atoms with van der Waals surface area (Å²) >= 11 is 0. The van der Waals surface area contributed by atoms with Gasteiger partial charge in [0.15, 0.2) is 6.29 Å². The van der Waals surface area contributed by atoms with Gasteiger partial charge in [-0.05, 0) is 44.5 Å². The highest BCUT2D eigenvalue weighted by Crippen LogP contribution is 2.23. The minimum absolute atomic E-state index is 0.652.